The average Bonchev–Trinajstić information content (AvgIpc) is 2.72. The van der Waals surface area contributed by atoms with Crippen LogP contribution >= 0.6 is 11.3 Å². The fourth-order valence-electron chi connectivity index (χ4n) is 2.06. The van der Waals surface area contributed by atoms with Crippen molar-refractivity contribution in [3.8, 4) is 0 Å². The van der Waals surface area contributed by atoms with Gasteiger partial charge >= 0.3 is 0 Å². The van der Waals surface area contributed by atoms with Crippen LogP contribution in [0.5, 0.6) is 0 Å². The minimum Gasteiger partial charge on any atom is -0.395 e. The molecule has 1 unspecified atom stereocenters. The molecule has 0 bridgehead atoms. The number of aliphatic hydroxyl groups is 1. The van der Waals surface area contributed by atoms with Gasteiger partial charge in [-0.1, -0.05) is 0 Å². The lowest BCUT2D eigenvalue weighted by Crippen LogP contribution is -2.32. The molecule has 0 aliphatic rings. The molecule has 110 valence electrons. The molecule has 2 aromatic heterocycles. The summed E-state index contributed by atoms with van der Waals surface area (Å²) in [7, 11) is 3.86. The van der Waals surface area contributed by atoms with Crippen LogP contribution in [-0.2, 0) is 6.54 Å². The highest BCUT2D eigenvalue weighted by atomic mass is 32.1. The summed E-state index contributed by atoms with van der Waals surface area (Å²) in [5, 5.41) is 13.5. The van der Waals surface area contributed by atoms with E-state index in [0.717, 1.165) is 21.9 Å². The number of thiophene rings is 1. The first-order chi connectivity index (χ1) is 9.47. The Labute approximate surface area is 123 Å². The lowest BCUT2D eigenvalue weighted by molar-refractivity contribution is 0.151. The molecule has 0 saturated heterocycles. The van der Waals surface area contributed by atoms with Crippen LogP contribution in [0.4, 0.5) is 5.82 Å². The van der Waals surface area contributed by atoms with E-state index in [2.05, 4.69) is 29.1 Å². The first-order valence-corrected chi connectivity index (χ1v) is 7.55. The van der Waals surface area contributed by atoms with E-state index >= 15 is 0 Å². The van der Waals surface area contributed by atoms with Crippen LogP contribution < -0.4 is 5.32 Å². The van der Waals surface area contributed by atoms with E-state index in [1.807, 2.05) is 25.9 Å². The van der Waals surface area contributed by atoms with Crippen LogP contribution in [-0.4, -0.2) is 46.7 Å². The molecule has 2 aromatic rings. The summed E-state index contributed by atoms with van der Waals surface area (Å²) in [5.41, 5.74) is 1.25. The number of aryl methyl sites for hydroxylation is 2. The molecule has 2 N–H and O–H groups in total. The number of nitrogens with zero attached hydrogens (tertiary/aromatic N) is 3. The smallest absolute Gasteiger partial charge is 0.146 e. The van der Waals surface area contributed by atoms with E-state index in [1.165, 1.54) is 10.4 Å². The molecule has 2 rings (SSSR count). The Balaban J connectivity index is 2.41. The van der Waals surface area contributed by atoms with Gasteiger partial charge in [0.2, 0.25) is 0 Å². The Morgan fingerprint density at radius 1 is 1.35 bits per heavy atom. The van der Waals surface area contributed by atoms with Crippen molar-refractivity contribution >= 4 is 27.4 Å². The molecule has 1 atom stereocenters. The van der Waals surface area contributed by atoms with Crippen molar-refractivity contribution in [2.24, 2.45) is 0 Å². The SMILES string of the molecule is CNc1nc(CN(C)C(C)CO)nc2sc(C)c(C)c12. The van der Waals surface area contributed by atoms with Crippen molar-refractivity contribution in [2.45, 2.75) is 33.4 Å². The quantitative estimate of drug-likeness (QED) is 0.885. The van der Waals surface area contributed by atoms with Gasteiger partial charge in [0.15, 0.2) is 0 Å². The second-order valence-corrected chi connectivity index (χ2v) is 6.35. The van der Waals surface area contributed by atoms with Crippen molar-refractivity contribution in [1.29, 1.82) is 0 Å². The molecule has 0 aromatic carbocycles. The van der Waals surface area contributed by atoms with E-state index in [0.29, 0.717) is 6.54 Å². The number of rotatable bonds is 5. The average molecular weight is 294 g/mol. The van der Waals surface area contributed by atoms with Gasteiger partial charge in [0, 0.05) is 18.0 Å². The van der Waals surface area contributed by atoms with Crippen LogP contribution in [0.2, 0.25) is 0 Å². The Morgan fingerprint density at radius 3 is 2.65 bits per heavy atom. The number of hydrogen-bond acceptors (Lipinski definition) is 6. The number of aromatic nitrogens is 2. The molecule has 0 radical (unpaired) electrons. The van der Waals surface area contributed by atoms with Gasteiger partial charge in [-0.05, 0) is 33.4 Å². The van der Waals surface area contributed by atoms with Gasteiger partial charge in [0.1, 0.15) is 16.5 Å². The molecule has 0 fully saturated rings. The zero-order valence-electron chi connectivity index (χ0n) is 12.7. The minimum atomic E-state index is 0.0964. The van der Waals surface area contributed by atoms with Crippen molar-refractivity contribution in [3.05, 3.63) is 16.3 Å². The second-order valence-electron chi connectivity index (χ2n) is 5.15. The molecular weight excluding hydrogens is 272 g/mol. The zero-order chi connectivity index (χ0) is 14.9. The second kappa shape index (κ2) is 6.03. The van der Waals surface area contributed by atoms with E-state index < -0.39 is 0 Å². The lowest BCUT2D eigenvalue weighted by atomic mass is 10.2. The van der Waals surface area contributed by atoms with Gasteiger partial charge in [-0.3, -0.25) is 4.90 Å². The molecule has 0 amide bonds. The maximum absolute atomic E-state index is 9.20. The Hall–Kier alpha value is -1.24. The number of nitrogens with one attached hydrogen (secondary N) is 1. The van der Waals surface area contributed by atoms with Gasteiger partial charge in [-0.25, -0.2) is 9.97 Å². The van der Waals surface area contributed by atoms with Gasteiger partial charge in [0.25, 0.3) is 0 Å². The fraction of sp³-hybridized carbons (Fsp3) is 0.571. The van der Waals surface area contributed by atoms with Crippen molar-refractivity contribution in [3.63, 3.8) is 0 Å². The molecule has 0 aliphatic heterocycles. The van der Waals surface area contributed by atoms with Gasteiger partial charge in [-0.15, -0.1) is 11.3 Å². The van der Waals surface area contributed by atoms with Crippen molar-refractivity contribution in [1.82, 2.24) is 14.9 Å². The molecule has 6 heteroatoms. The Kier molecular flexibility index (Phi) is 4.57. The summed E-state index contributed by atoms with van der Waals surface area (Å²) in [4.78, 5) is 13.6. The minimum absolute atomic E-state index is 0.0964. The highest BCUT2D eigenvalue weighted by Gasteiger charge is 2.16. The summed E-state index contributed by atoms with van der Waals surface area (Å²) < 4.78 is 0. The van der Waals surface area contributed by atoms with Crippen molar-refractivity contribution in [2.75, 3.05) is 26.0 Å². The van der Waals surface area contributed by atoms with Crippen LogP contribution in [0.15, 0.2) is 0 Å². The normalized spacial score (nSPS) is 13.2. The number of fused-ring (bicyclic) bond motifs is 1. The van der Waals surface area contributed by atoms with E-state index in [1.54, 1.807) is 11.3 Å². The topological polar surface area (TPSA) is 61.3 Å². The highest BCUT2D eigenvalue weighted by molar-refractivity contribution is 7.18. The van der Waals surface area contributed by atoms with Crippen LogP contribution in [0.25, 0.3) is 10.2 Å². The maximum atomic E-state index is 9.20. The molecule has 5 nitrogen and oxygen atoms in total. The fourth-order valence-corrected chi connectivity index (χ4v) is 3.11. The lowest BCUT2D eigenvalue weighted by Gasteiger charge is -2.22. The van der Waals surface area contributed by atoms with Crippen molar-refractivity contribution < 1.29 is 5.11 Å². The number of aliphatic hydroxyl groups excluding tert-OH is 1. The van der Waals surface area contributed by atoms with Gasteiger partial charge in [-0.2, -0.15) is 0 Å². The summed E-state index contributed by atoms with van der Waals surface area (Å²) >= 11 is 1.70. The Morgan fingerprint density at radius 2 is 2.05 bits per heavy atom. The molecule has 2 heterocycles. The van der Waals surface area contributed by atoms with Crippen LogP contribution in [0.1, 0.15) is 23.2 Å². The van der Waals surface area contributed by atoms with E-state index in [-0.39, 0.29) is 12.6 Å². The summed E-state index contributed by atoms with van der Waals surface area (Å²) in [5.74, 6) is 1.67. The third-order valence-corrected chi connectivity index (χ3v) is 4.82. The highest BCUT2D eigenvalue weighted by Crippen LogP contribution is 2.33. The monoisotopic (exact) mass is 294 g/mol. The summed E-state index contributed by atoms with van der Waals surface area (Å²) in [6.07, 6.45) is 0. The number of anilines is 1. The van der Waals surface area contributed by atoms with Gasteiger partial charge in [0.05, 0.1) is 18.5 Å². The van der Waals surface area contributed by atoms with Gasteiger partial charge < -0.3 is 10.4 Å². The first-order valence-electron chi connectivity index (χ1n) is 6.73. The molecule has 0 spiro atoms. The molecule has 0 aliphatic carbocycles. The standard InChI is InChI=1S/C14H22N4OS/c1-8(7-19)18(5)6-11-16-13(15-4)12-9(2)10(3)20-14(12)17-11/h8,19H,6-7H2,1-5H3,(H,15,16,17). The molecule has 20 heavy (non-hydrogen) atoms. The van der Waals surface area contributed by atoms with E-state index in [9.17, 15) is 5.11 Å². The van der Waals surface area contributed by atoms with E-state index in [4.69, 9.17) is 0 Å². The first kappa shape index (κ1) is 15.2. The third-order valence-electron chi connectivity index (χ3n) is 3.72. The van der Waals surface area contributed by atoms with Crippen LogP contribution in [0.3, 0.4) is 0 Å². The number of hydrogen-bond donors (Lipinski definition) is 2. The largest absolute Gasteiger partial charge is 0.395 e. The Bertz CT molecular complexity index is 611. The summed E-state index contributed by atoms with van der Waals surface area (Å²) in [6, 6.07) is 0.0964. The maximum Gasteiger partial charge on any atom is 0.146 e. The predicted molar refractivity (Wildman–Crippen MR) is 84.5 cm³/mol. The predicted octanol–water partition coefficient (Wildman–Crippen LogP) is 2.16. The summed E-state index contributed by atoms with van der Waals surface area (Å²) in [6.45, 7) is 6.97. The molecular formula is C14H22N4OS. The molecule has 0 saturated carbocycles. The third kappa shape index (κ3) is 2.77. The zero-order valence-corrected chi connectivity index (χ0v) is 13.5. The number of likely N-dealkylation sites (N-methyl/N-ethyl adjacent to an activating group) is 1. The van der Waals surface area contributed by atoms with Crippen LogP contribution in [0, 0.1) is 13.8 Å².